The van der Waals surface area contributed by atoms with E-state index in [0.29, 0.717) is 32.0 Å². The number of hydrogen-bond acceptors (Lipinski definition) is 6. The summed E-state index contributed by atoms with van der Waals surface area (Å²) in [6, 6.07) is 5.86. The third-order valence-corrected chi connectivity index (χ3v) is 3.52. The standard InChI is InChI=1S/C18H27NO6/c1-2-3-4-5-6-7-18(20)25-15-13-23-12-14-24-17-10-8-16(9-11-17)19(21)22/h8-11H,2-7,12-15H2,1H3. The molecule has 0 N–H and O–H groups in total. The summed E-state index contributed by atoms with van der Waals surface area (Å²) in [4.78, 5) is 21.5. The SMILES string of the molecule is CCCCCCCC(=O)OCCOCCOc1ccc([N+](=O)[O-])cc1. The molecule has 0 atom stereocenters. The van der Waals surface area contributed by atoms with Crippen molar-refractivity contribution in [1.82, 2.24) is 0 Å². The monoisotopic (exact) mass is 353 g/mol. The highest BCUT2D eigenvalue weighted by Gasteiger charge is 2.04. The van der Waals surface area contributed by atoms with Crippen LogP contribution in [0.15, 0.2) is 24.3 Å². The van der Waals surface area contributed by atoms with Crippen LogP contribution >= 0.6 is 0 Å². The van der Waals surface area contributed by atoms with Gasteiger partial charge < -0.3 is 14.2 Å². The van der Waals surface area contributed by atoms with Crippen LogP contribution in [-0.4, -0.2) is 37.3 Å². The van der Waals surface area contributed by atoms with Crippen LogP contribution in [0.2, 0.25) is 0 Å². The first-order valence-corrected chi connectivity index (χ1v) is 8.74. The van der Waals surface area contributed by atoms with E-state index in [1.54, 1.807) is 12.1 Å². The summed E-state index contributed by atoms with van der Waals surface area (Å²) in [6.07, 6.45) is 5.98. The molecular formula is C18H27NO6. The smallest absolute Gasteiger partial charge is 0.305 e. The second kappa shape index (κ2) is 13.2. The van der Waals surface area contributed by atoms with Gasteiger partial charge in [0.1, 0.15) is 19.0 Å². The Labute approximate surface area is 148 Å². The van der Waals surface area contributed by atoms with Gasteiger partial charge in [-0.3, -0.25) is 14.9 Å². The highest BCUT2D eigenvalue weighted by Crippen LogP contribution is 2.17. The zero-order valence-corrected chi connectivity index (χ0v) is 14.8. The summed E-state index contributed by atoms with van der Waals surface area (Å²) in [5, 5.41) is 10.5. The molecule has 0 heterocycles. The van der Waals surface area contributed by atoms with Gasteiger partial charge in [-0.2, -0.15) is 0 Å². The summed E-state index contributed by atoms with van der Waals surface area (Å²) >= 11 is 0. The first-order valence-electron chi connectivity index (χ1n) is 8.74. The molecule has 0 radical (unpaired) electrons. The minimum Gasteiger partial charge on any atom is -0.491 e. The van der Waals surface area contributed by atoms with Crippen molar-refractivity contribution in [1.29, 1.82) is 0 Å². The number of non-ortho nitro benzene ring substituents is 1. The van der Waals surface area contributed by atoms with Crippen molar-refractivity contribution >= 4 is 11.7 Å². The van der Waals surface area contributed by atoms with Crippen LogP contribution < -0.4 is 4.74 Å². The Kier molecular flexibility index (Phi) is 11.0. The predicted octanol–water partition coefficient (Wildman–Crippen LogP) is 3.89. The number of nitro benzene ring substituents is 1. The Hall–Kier alpha value is -2.15. The van der Waals surface area contributed by atoms with Gasteiger partial charge in [-0.1, -0.05) is 32.6 Å². The number of unbranched alkanes of at least 4 members (excludes halogenated alkanes) is 4. The molecule has 0 aliphatic heterocycles. The van der Waals surface area contributed by atoms with Gasteiger partial charge in [0.25, 0.3) is 5.69 Å². The number of carbonyl (C=O) groups excluding carboxylic acids is 1. The number of nitro groups is 1. The van der Waals surface area contributed by atoms with E-state index < -0.39 is 4.92 Å². The van der Waals surface area contributed by atoms with E-state index in [1.165, 1.54) is 31.4 Å². The molecule has 1 rings (SSSR count). The van der Waals surface area contributed by atoms with Gasteiger partial charge in [0.05, 0.1) is 18.1 Å². The molecule has 7 nitrogen and oxygen atoms in total. The molecule has 0 fully saturated rings. The lowest BCUT2D eigenvalue weighted by Gasteiger charge is -2.08. The highest BCUT2D eigenvalue weighted by molar-refractivity contribution is 5.69. The number of esters is 1. The minimum absolute atomic E-state index is 0.0239. The molecule has 0 aromatic heterocycles. The van der Waals surface area contributed by atoms with Crippen molar-refractivity contribution in [3.63, 3.8) is 0 Å². The second-order valence-corrected chi connectivity index (χ2v) is 5.60. The molecular weight excluding hydrogens is 326 g/mol. The van der Waals surface area contributed by atoms with Gasteiger partial charge in [-0.25, -0.2) is 0 Å². The first-order chi connectivity index (χ1) is 12.1. The van der Waals surface area contributed by atoms with E-state index in [9.17, 15) is 14.9 Å². The number of rotatable bonds is 14. The maximum absolute atomic E-state index is 11.5. The molecule has 0 saturated carbocycles. The lowest BCUT2D eigenvalue weighted by molar-refractivity contribution is -0.384. The van der Waals surface area contributed by atoms with Crippen LogP contribution in [0.1, 0.15) is 45.4 Å². The maximum atomic E-state index is 11.5. The van der Waals surface area contributed by atoms with Gasteiger partial charge in [0.15, 0.2) is 0 Å². The second-order valence-electron chi connectivity index (χ2n) is 5.60. The molecule has 0 amide bonds. The number of benzene rings is 1. The highest BCUT2D eigenvalue weighted by atomic mass is 16.6. The molecule has 25 heavy (non-hydrogen) atoms. The van der Waals surface area contributed by atoms with Gasteiger partial charge in [0.2, 0.25) is 0 Å². The summed E-state index contributed by atoms with van der Waals surface area (Å²) < 4.78 is 15.8. The summed E-state index contributed by atoms with van der Waals surface area (Å²) in [7, 11) is 0. The largest absolute Gasteiger partial charge is 0.491 e. The minimum atomic E-state index is -0.459. The quantitative estimate of drug-likeness (QED) is 0.218. The Bertz CT molecular complexity index is 503. The van der Waals surface area contributed by atoms with Crippen molar-refractivity contribution in [3.8, 4) is 5.75 Å². The lowest BCUT2D eigenvalue weighted by atomic mass is 10.1. The fraction of sp³-hybridized carbons (Fsp3) is 0.611. The van der Waals surface area contributed by atoms with Crippen molar-refractivity contribution in [2.75, 3.05) is 26.4 Å². The van der Waals surface area contributed by atoms with Gasteiger partial charge in [-0.05, 0) is 18.6 Å². The Morgan fingerprint density at radius 2 is 1.68 bits per heavy atom. The number of hydrogen-bond donors (Lipinski definition) is 0. The maximum Gasteiger partial charge on any atom is 0.305 e. The molecule has 7 heteroatoms. The fourth-order valence-corrected chi connectivity index (χ4v) is 2.14. The zero-order valence-electron chi connectivity index (χ0n) is 14.8. The molecule has 140 valence electrons. The number of ether oxygens (including phenoxy) is 3. The van der Waals surface area contributed by atoms with E-state index in [1.807, 2.05) is 0 Å². The van der Waals surface area contributed by atoms with E-state index in [2.05, 4.69) is 6.92 Å². The van der Waals surface area contributed by atoms with Gasteiger partial charge >= 0.3 is 5.97 Å². The topological polar surface area (TPSA) is 87.9 Å². The fourth-order valence-electron chi connectivity index (χ4n) is 2.14. The van der Waals surface area contributed by atoms with Crippen LogP contribution in [-0.2, 0) is 14.3 Å². The van der Waals surface area contributed by atoms with Crippen LogP contribution in [0.5, 0.6) is 5.75 Å². The van der Waals surface area contributed by atoms with Crippen molar-refractivity contribution in [2.24, 2.45) is 0 Å². The van der Waals surface area contributed by atoms with Gasteiger partial charge in [0, 0.05) is 18.6 Å². The lowest BCUT2D eigenvalue weighted by Crippen LogP contribution is -2.13. The van der Waals surface area contributed by atoms with Crippen LogP contribution in [0.4, 0.5) is 5.69 Å². The molecule has 0 unspecified atom stereocenters. The first kappa shape index (κ1) is 20.9. The van der Waals surface area contributed by atoms with E-state index in [4.69, 9.17) is 14.2 Å². The third-order valence-electron chi connectivity index (χ3n) is 3.52. The zero-order chi connectivity index (χ0) is 18.3. The molecule has 0 bridgehead atoms. The van der Waals surface area contributed by atoms with Crippen LogP contribution in [0.3, 0.4) is 0 Å². The van der Waals surface area contributed by atoms with E-state index >= 15 is 0 Å². The average molecular weight is 353 g/mol. The predicted molar refractivity (Wildman–Crippen MR) is 93.7 cm³/mol. The van der Waals surface area contributed by atoms with E-state index in [-0.39, 0.29) is 18.3 Å². The molecule has 0 spiro atoms. The third kappa shape index (κ3) is 10.3. The molecule has 1 aromatic carbocycles. The molecule has 0 aliphatic carbocycles. The van der Waals surface area contributed by atoms with Crippen molar-refractivity contribution in [2.45, 2.75) is 45.4 Å². The Morgan fingerprint density at radius 3 is 2.36 bits per heavy atom. The number of carbonyl (C=O) groups is 1. The average Bonchev–Trinajstić information content (AvgIpc) is 2.61. The van der Waals surface area contributed by atoms with Crippen LogP contribution in [0.25, 0.3) is 0 Å². The molecule has 1 aromatic rings. The summed E-state index contributed by atoms with van der Waals surface area (Å²) in [6.45, 7) is 3.40. The van der Waals surface area contributed by atoms with E-state index in [0.717, 1.165) is 12.8 Å². The summed E-state index contributed by atoms with van der Waals surface area (Å²) in [5.41, 5.74) is 0.0239. The van der Waals surface area contributed by atoms with Crippen molar-refractivity contribution in [3.05, 3.63) is 34.4 Å². The normalized spacial score (nSPS) is 10.4. The van der Waals surface area contributed by atoms with Crippen LogP contribution in [0, 0.1) is 10.1 Å². The summed E-state index contributed by atoms with van der Waals surface area (Å²) in [5.74, 6) is 0.367. The Morgan fingerprint density at radius 1 is 1.00 bits per heavy atom. The van der Waals surface area contributed by atoms with Gasteiger partial charge in [-0.15, -0.1) is 0 Å². The Balaban J connectivity index is 1.96. The number of nitrogens with zero attached hydrogens (tertiary/aromatic N) is 1. The molecule has 0 aliphatic rings. The molecule has 0 saturated heterocycles. The van der Waals surface area contributed by atoms with Crippen molar-refractivity contribution < 1.29 is 23.9 Å².